The maximum atomic E-state index is 11.6. The largest absolute Gasteiger partial charge is 0.352 e. The van der Waals surface area contributed by atoms with Crippen LogP contribution in [0.1, 0.15) is 6.42 Å². The van der Waals surface area contributed by atoms with Crippen molar-refractivity contribution in [3.05, 3.63) is 0 Å². The van der Waals surface area contributed by atoms with E-state index in [1.165, 1.54) is 0 Å². The first-order valence-corrected chi connectivity index (χ1v) is 5.30. The highest BCUT2D eigenvalue weighted by Crippen LogP contribution is 2.40. The zero-order valence-electron chi connectivity index (χ0n) is 8.47. The first kappa shape index (κ1) is 9.92. The molecule has 0 aromatic heterocycles. The summed E-state index contributed by atoms with van der Waals surface area (Å²) in [6, 6.07) is 0. The van der Waals surface area contributed by atoms with Gasteiger partial charge in [0.25, 0.3) is 5.91 Å². The molecule has 3 saturated heterocycles. The molecule has 0 aliphatic carbocycles. The summed E-state index contributed by atoms with van der Waals surface area (Å²) in [5.74, 6) is -2.94. The van der Waals surface area contributed by atoms with Crippen molar-refractivity contribution < 1.29 is 23.9 Å². The predicted octanol–water partition coefficient (Wildman–Crippen LogP) is -1.16. The molecule has 0 radical (unpaired) electrons. The van der Waals surface area contributed by atoms with E-state index in [2.05, 4.69) is 0 Å². The number of amides is 2. The van der Waals surface area contributed by atoms with Gasteiger partial charge >= 0.3 is 0 Å². The number of rotatable bonds is 1. The Balaban J connectivity index is 1.85. The van der Waals surface area contributed by atoms with Gasteiger partial charge in [-0.05, 0) is 6.42 Å². The number of hydrogen-bond acceptors (Lipinski definition) is 5. The minimum Gasteiger partial charge on any atom is -0.352 e. The maximum Gasteiger partial charge on any atom is 0.294 e. The minimum absolute atomic E-state index is 0.0607. The third-order valence-corrected chi connectivity index (χ3v) is 3.54. The van der Waals surface area contributed by atoms with Crippen molar-refractivity contribution in [2.75, 3.05) is 13.2 Å². The molecule has 0 saturated carbocycles. The lowest BCUT2D eigenvalue weighted by atomic mass is 9.81. The summed E-state index contributed by atoms with van der Waals surface area (Å²) in [5, 5.41) is 2.05. The summed E-state index contributed by atoms with van der Waals surface area (Å²) < 4.78 is 10.7. The molecule has 86 valence electrons. The first-order valence-electron chi connectivity index (χ1n) is 5.30. The second-order valence-electron chi connectivity index (χ2n) is 4.35. The Bertz CT molecular complexity index is 379. The molecule has 2 amide bonds. The highest BCUT2D eigenvalue weighted by atomic mass is 16.7. The standard InChI is InChI=1S/C10H11NO5/c12-7-6(8(13)11-9(7)14)5-3-16-10-4(5)1-2-15-10/h4-6,10H,1-3H2,(H,11,13,14). The highest BCUT2D eigenvalue weighted by Gasteiger charge is 2.53. The van der Waals surface area contributed by atoms with Crippen molar-refractivity contribution in [3.63, 3.8) is 0 Å². The summed E-state index contributed by atoms with van der Waals surface area (Å²) in [4.78, 5) is 34.2. The molecule has 4 atom stereocenters. The van der Waals surface area contributed by atoms with E-state index in [9.17, 15) is 14.4 Å². The van der Waals surface area contributed by atoms with Crippen LogP contribution in [0.4, 0.5) is 0 Å². The van der Waals surface area contributed by atoms with Gasteiger partial charge in [-0.1, -0.05) is 0 Å². The molecular weight excluding hydrogens is 214 g/mol. The van der Waals surface area contributed by atoms with E-state index in [0.717, 1.165) is 6.42 Å². The molecule has 16 heavy (non-hydrogen) atoms. The monoisotopic (exact) mass is 225 g/mol. The SMILES string of the molecule is O=C1NC(=O)C(C2COC3OCCC32)C1=O. The Morgan fingerprint density at radius 2 is 1.94 bits per heavy atom. The van der Waals surface area contributed by atoms with Crippen molar-refractivity contribution >= 4 is 17.6 Å². The van der Waals surface area contributed by atoms with Crippen molar-refractivity contribution in [2.24, 2.45) is 17.8 Å². The van der Waals surface area contributed by atoms with Crippen molar-refractivity contribution in [3.8, 4) is 0 Å². The van der Waals surface area contributed by atoms with Gasteiger partial charge in [-0.3, -0.25) is 19.7 Å². The van der Waals surface area contributed by atoms with Crippen LogP contribution in [-0.2, 0) is 23.9 Å². The fourth-order valence-corrected chi connectivity index (χ4v) is 2.74. The summed E-state index contributed by atoms with van der Waals surface area (Å²) >= 11 is 0. The second-order valence-corrected chi connectivity index (χ2v) is 4.35. The van der Waals surface area contributed by atoms with Gasteiger partial charge in [-0.25, -0.2) is 0 Å². The second kappa shape index (κ2) is 3.36. The van der Waals surface area contributed by atoms with Crippen LogP contribution in [0, 0.1) is 17.8 Å². The Kier molecular flexibility index (Phi) is 2.08. The third kappa shape index (κ3) is 1.23. The number of hydrogen-bond donors (Lipinski definition) is 1. The van der Waals surface area contributed by atoms with Crippen LogP contribution in [0.15, 0.2) is 0 Å². The zero-order valence-corrected chi connectivity index (χ0v) is 8.47. The number of imide groups is 1. The minimum atomic E-state index is -0.871. The van der Waals surface area contributed by atoms with Crippen LogP contribution >= 0.6 is 0 Å². The van der Waals surface area contributed by atoms with Gasteiger partial charge in [0, 0.05) is 11.8 Å². The summed E-state index contributed by atoms with van der Waals surface area (Å²) in [7, 11) is 0. The van der Waals surface area contributed by atoms with Crippen LogP contribution in [0.3, 0.4) is 0 Å². The van der Waals surface area contributed by atoms with Crippen molar-refractivity contribution in [1.29, 1.82) is 0 Å². The molecule has 0 aromatic carbocycles. The molecule has 3 heterocycles. The van der Waals surface area contributed by atoms with Gasteiger partial charge in [-0.15, -0.1) is 0 Å². The quantitative estimate of drug-likeness (QED) is 0.346. The van der Waals surface area contributed by atoms with E-state index in [1.54, 1.807) is 0 Å². The van der Waals surface area contributed by atoms with Gasteiger partial charge in [0.15, 0.2) is 6.29 Å². The smallest absolute Gasteiger partial charge is 0.294 e. The average Bonchev–Trinajstić information content (AvgIpc) is 2.86. The molecular formula is C10H11NO5. The summed E-state index contributed by atoms with van der Waals surface area (Å²) in [5.41, 5.74) is 0. The molecule has 0 aromatic rings. The molecule has 3 fully saturated rings. The molecule has 6 heteroatoms. The molecule has 0 spiro atoms. The Morgan fingerprint density at radius 3 is 2.62 bits per heavy atom. The summed E-state index contributed by atoms with van der Waals surface area (Å²) in [6.07, 6.45) is 0.474. The van der Waals surface area contributed by atoms with Gasteiger partial charge < -0.3 is 9.47 Å². The number of carbonyl (C=O) groups excluding carboxylic acids is 3. The fraction of sp³-hybridized carbons (Fsp3) is 0.700. The lowest BCUT2D eigenvalue weighted by Crippen LogP contribution is -2.32. The molecule has 1 N–H and O–H groups in total. The molecule has 3 aliphatic rings. The Hall–Kier alpha value is -1.27. The van der Waals surface area contributed by atoms with Crippen LogP contribution in [0.25, 0.3) is 0 Å². The first-order chi connectivity index (χ1) is 7.68. The van der Waals surface area contributed by atoms with E-state index in [0.29, 0.717) is 13.2 Å². The van der Waals surface area contributed by atoms with E-state index >= 15 is 0 Å². The van der Waals surface area contributed by atoms with Crippen LogP contribution in [0.2, 0.25) is 0 Å². The number of ketones is 1. The number of fused-ring (bicyclic) bond motifs is 1. The summed E-state index contributed by atoms with van der Waals surface area (Å²) in [6.45, 7) is 0.898. The zero-order chi connectivity index (χ0) is 11.3. The van der Waals surface area contributed by atoms with Gasteiger partial charge in [-0.2, -0.15) is 0 Å². The molecule has 4 unspecified atom stereocenters. The number of Topliss-reactive ketones (excluding diaryl/α,β-unsaturated/α-hetero) is 1. The molecule has 3 aliphatic heterocycles. The number of carbonyl (C=O) groups is 3. The van der Waals surface area contributed by atoms with Gasteiger partial charge in [0.2, 0.25) is 11.7 Å². The van der Waals surface area contributed by atoms with Gasteiger partial charge in [0.05, 0.1) is 13.2 Å². The van der Waals surface area contributed by atoms with E-state index in [4.69, 9.17) is 9.47 Å². The lowest BCUT2D eigenvalue weighted by Gasteiger charge is -2.17. The molecule has 3 rings (SSSR count). The van der Waals surface area contributed by atoms with Crippen LogP contribution in [0.5, 0.6) is 0 Å². The fourth-order valence-electron chi connectivity index (χ4n) is 2.74. The van der Waals surface area contributed by atoms with Gasteiger partial charge in [0.1, 0.15) is 5.92 Å². The average molecular weight is 225 g/mol. The van der Waals surface area contributed by atoms with Crippen molar-refractivity contribution in [2.45, 2.75) is 12.7 Å². The number of nitrogens with one attached hydrogen (secondary N) is 1. The van der Waals surface area contributed by atoms with Crippen LogP contribution < -0.4 is 5.32 Å². The van der Waals surface area contributed by atoms with E-state index in [1.807, 2.05) is 5.32 Å². The Labute approximate surface area is 91.3 Å². The molecule has 0 bridgehead atoms. The lowest BCUT2D eigenvalue weighted by molar-refractivity contribution is -0.137. The normalized spacial score (nSPS) is 42.6. The topological polar surface area (TPSA) is 81.7 Å². The van der Waals surface area contributed by atoms with Crippen LogP contribution in [-0.4, -0.2) is 37.1 Å². The van der Waals surface area contributed by atoms with Crippen molar-refractivity contribution in [1.82, 2.24) is 5.32 Å². The third-order valence-electron chi connectivity index (χ3n) is 3.54. The van der Waals surface area contributed by atoms with E-state index < -0.39 is 23.5 Å². The molecule has 6 nitrogen and oxygen atoms in total. The Morgan fingerprint density at radius 1 is 1.12 bits per heavy atom. The predicted molar refractivity (Wildman–Crippen MR) is 48.9 cm³/mol. The maximum absolute atomic E-state index is 11.6. The number of ether oxygens (including phenoxy) is 2. The highest BCUT2D eigenvalue weighted by molar-refractivity contribution is 6.48. The van der Waals surface area contributed by atoms with E-state index in [-0.39, 0.29) is 18.1 Å².